The van der Waals surface area contributed by atoms with E-state index in [-0.39, 0.29) is 0 Å². The molecule has 0 bridgehead atoms. The standard InChI is InChI=1S/C73H44N8Si/c1-76-56-34-37-62(55(42-56)48-75)53-32-39-69-66(44-53)67-45-54(63-36-31-49(47-74)41-68(63)77-2)33-40-70(67)81(69)57-35-38-64(73-79-71(50-19-8-3-9-20-50)78-72(80-73)51-21-10-4-11-22-51)65(46-57)52-23-18-30-61(43-52)82(58-24-12-5-13-25-58,59-26-14-6-15-27-59)60-28-16-7-17-29-60/h3-46H. The summed E-state index contributed by atoms with van der Waals surface area (Å²) in [5.41, 5.74) is 11.8. The van der Waals surface area contributed by atoms with Crippen LogP contribution in [0.2, 0.25) is 0 Å². The molecule has 0 spiro atoms. The van der Waals surface area contributed by atoms with Gasteiger partial charge in [0.1, 0.15) is 0 Å². The van der Waals surface area contributed by atoms with Crippen LogP contribution >= 0.6 is 0 Å². The molecule has 0 amide bonds. The molecule has 13 rings (SSSR count). The summed E-state index contributed by atoms with van der Waals surface area (Å²) in [5, 5.41) is 27.0. The number of aromatic nitrogens is 4. The number of hydrogen-bond donors (Lipinski definition) is 0. The molecular weight excluding hydrogens is 1020 g/mol. The van der Waals surface area contributed by atoms with Gasteiger partial charge in [0.2, 0.25) is 0 Å². The molecule has 11 aromatic carbocycles. The van der Waals surface area contributed by atoms with Crippen molar-refractivity contribution in [3.63, 3.8) is 0 Å². The topological polar surface area (TPSA) is 99.9 Å². The van der Waals surface area contributed by atoms with E-state index in [4.69, 9.17) is 28.1 Å². The smallest absolute Gasteiger partial charge is 0.196 e. The van der Waals surface area contributed by atoms with Gasteiger partial charge >= 0.3 is 0 Å². The van der Waals surface area contributed by atoms with Crippen molar-refractivity contribution < 1.29 is 0 Å². The first-order valence-electron chi connectivity index (χ1n) is 26.7. The summed E-state index contributed by atoms with van der Waals surface area (Å²) in [6.45, 7) is 15.8. The third kappa shape index (κ3) is 8.85. The fraction of sp³-hybridized carbons (Fsp3) is 0. The Hall–Kier alpha value is -11.6. The summed E-state index contributed by atoms with van der Waals surface area (Å²) in [5.74, 6) is 1.63. The molecule has 380 valence electrons. The van der Waals surface area contributed by atoms with Gasteiger partial charge in [0.05, 0.1) is 36.3 Å². The molecule has 13 aromatic rings. The van der Waals surface area contributed by atoms with Crippen molar-refractivity contribution in [3.8, 4) is 85.4 Å². The minimum absolute atomic E-state index is 0.381. The number of nitriles is 2. The minimum atomic E-state index is -3.01. The number of rotatable bonds is 11. The fourth-order valence-electron chi connectivity index (χ4n) is 11.5. The lowest BCUT2D eigenvalue weighted by atomic mass is 9.97. The van der Waals surface area contributed by atoms with E-state index in [1.54, 1.807) is 24.3 Å². The van der Waals surface area contributed by atoms with E-state index >= 15 is 0 Å². The molecule has 2 heterocycles. The predicted octanol–water partition coefficient (Wildman–Crippen LogP) is 15.2. The molecule has 0 aliphatic rings. The maximum atomic E-state index is 10.4. The van der Waals surface area contributed by atoms with Gasteiger partial charge in [-0.2, -0.15) is 10.5 Å². The van der Waals surface area contributed by atoms with Crippen LogP contribution in [-0.4, -0.2) is 27.6 Å². The Labute approximate surface area is 475 Å². The monoisotopic (exact) mass is 1060 g/mol. The average molecular weight is 1060 g/mol. The summed E-state index contributed by atoms with van der Waals surface area (Å²) >= 11 is 0. The molecular formula is C73H44N8Si. The van der Waals surface area contributed by atoms with E-state index in [9.17, 15) is 10.5 Å². The highest BCUT2D eigenvalue weighted by atomic mass is 28.3. The second-order valence-electron chi connectivity index (χ2n) is 19.9. The van der Waals surface area contributed by atoms with E-state index in [1.807, 2.05) is 84.9 Å². The molecule has 0 aliphatic carbocycles. The number of nitrogens with zero attached hydrogens (tertiary/aromatic N) is 8. The molecule has 0 atom stereocenters. The van der Waals surface area contributed by atoms with E-state index < -0.39 is 8.07 Å². The van der Waals surface area contributed by atoms with Crippen molar-refractivity contribution in [2.75, 3.05) is 0 Å². The van der Waals surface area contributed by atoms with Gasteiger partial charge in [-0.15, -0.1) is 0 Å². The van der Waals surface area contributed by atoms with E-state index in [2.05, 4.69) is 184 Å². The Morgan fingerprint density at radius 3 is 1.39 bits per heavy atom. The summed E-state index contributed by atoms with van der Waals surface area (Å²) in [6, 6.07) is 95.8. The van der Waals surface area contributed by atoms with Crippen LogP contribution in [0, 0.1) is 35.8 Å². The lowest BCUT2D eigenvalue weighted by Gasteiger charge is -2.34. The van der Waals surface area contributed by atoms with Crippen LogP contribution in [0.4, 0.5) is 11.4 Å². The van der Waals surface area contributed by atoms with Crippen LogP contribution in [0.25, 0.3) is 105 Å². The fourth-order valence-corrected chi connectivity index (χ4v) is 16.3. The zero-order chi connectivity index (χ0) is 55.6. The number of benzene rings is 11. The Morgan fingerprint density at radius 2 is 0.854 bits per heavy atom. The highest BCUT2D eigenvalue weighted by molar-refractivity contribution is 7.19. The van der Waals surface area contributed by atoms with Crippen molar-refractivity contribution in [2.24, 2.45) is 0 Å². The highest BCUT2D eigenvalue weighted by Gasteiger charge is 2.41. The predicted molar refractivity (Wildman–Crippen MR) is 332 cm³/mol. The van der Waals surface area contributed by atoms with Crippen LogP contribution in [0.3, 0.4) is 0 Å². The molecule has 8 nitrogen and oxygen atoms in total. The van der Waals surface area contributed by atoms with Crippen molar-refractivity contribution >= 4 is 62.0 Å². The second-order valence-corrected chi connectivity index (χ2v) is 23.7. The quantitative estimate of drug-likeness (QED) is 0.0730. The van der Waals surface area contributed by atoms with Gasteiger partial charge in [0.15, 0.2) is 36.9 Å². The molecule has 0 aliphatic heterocycles. The van der Waals surface area contributed by atoms with Crippen molar-refractivity contribution in [1.82, 2.24) is 19.5 Å². The molecule has 0 N–H and O–H groups in total. The molecule has 2 aromatic heterocycles. The van der Waals surface area contributed by atoms with E-state index in [1.165, 1.54) is 20.7 Å². The minimum Gasteiger partial charge on any atom is -0.309 e. The first-order chi connectivity index (χ1) is 40.4. The van der Waals surface area contributed by atoms with Crippen LogP contribution in [0.1, 0.15) is 11.1 Å². The van der Waals surface area contributed by atoms with Gasteiger partial charge in [-0.05, 0) is 115 Å². The summed E-state index contributed by atoms with van der Waals surface area (Å²) in [7, 11) is -3.01. The van der Waals surface area contributed by atoms with Crippen LogP contribution < -0.4 is 20.7 Å². The molecule has 0 unspecified atom stereocenters. The Balaban J connectivity index is 1.10. The van der Waals surface area contributed by atoms with E-state index in [0.717, 1.165) is 66.4 Å². The first-order valence-corrected chi connectivity index (χ1v) is 28.7. The second kappa shape index (κ2) is 21.3. The number of hydrogen-bond acceptors (Lipinski definition) is 5. The van der Waals surface area contributed by atoms with Gasteiger partial charge in [-0.25, -0.2) is 24.6 Å². The first kappa shape index (κ1) is 49.9. The Bertz CT molecular complexity index is 4500. The van der Waals surface area contributed by atoms with Gasteiger partial charge in [-0.3, -0.25) is 0 Å². The number of fused-ring (bicyclic) bond motifs is 3. The highest BCUT2D eigenvalue weighted by Crippen LogP contribution is 2.42. The van der Waals surface area contributed by atoms with E-state index in [0.29, 0.717) is 51.1 Å². The van der Waals surface area contributed by atoms with Crippen molar-refractivity contribution in [3.05, 3.63) is 301 Å². The normalized spacial score (nSPS) is 11.1. The van der Waals surface area contributed by atoms with Crippen molar-refractivity contribution in [2.45, 2.75) is 0 Å². The van der Waals surface area contributed by atoms with Crippen LogP contribution in [0.5, 0.6) is 0 Å². The molecule has 0 saturated carbocycles. The zero-order valence-electron chi connectivity index (χ0n) is 44.0. The largest absolute Gasteiger partial charge is 0.309 e. The summed E-state index contributed by atoms with van der Waals surface area (Å²) < 4.78 is 2.27. The molecule has 0 radical (unpaired) electrons. The maximum Gasteiger partial charge on any atom is 0.196 e. The van der Waals surface area contributed by atoms with Gasteiger partial charge < -0.3 is 4.57 Å². The Morgan fingerprint density at radius 1 is 0.366 bits per heavy atom. The molecule has 0 fully saturated rings. The lowest BCUT2D eigenvalue weighted by molar-refractivity contribution is 1.07. The lowest BCUT2D eigenvalue weighted by Crippen LogP contribution is -2.74. The molecule has 0 saturated heterocycles. The summed E-state index contributed by atoms with van der Waals surface area (Å²) in [6.07, 6.45) is 0. The van der Waals surface area contributed by atoms with Gasteiger partial charge in [0, 0.05) is 44.3 Å². The van der Waals surface area contributed by atoms with Crippen LogP contribution in [0.15, 0.2) is 267 Å². The molecule has 9 heteroatoms. The third-order valence-corrected chi connectivity index (χ3v) is 20.1. The van der Waals surface area contributed by atoms with Gasteiger partial charge in [0.25, 0.3) is 0 Å². The zero-order valence-corrected chi connectivity index (χ0v) is 45.0. The summed E-state index contributed by atoms with van der Waals surface area (Å²) in [4.78, 5) is 23.2. The average Bonchev–Trinajstić information content (AvgIpc) is 3.64. The van der Waals surface area contributed by atoms with Gasteiger partial charge in [-0.1, -0.05) is 206 Å². The SMILES string of the molecule is [C-]#[N+]c1ccc(-c2ccc3c(c2)c2cc(-c4ccc(C#N)cc4[N+]#[C-])ccc2n3-c2ccc(-c3nc(-c4ccccc4)nc(-c4ccccc4)n3)c(-c3cccc([Si](c4ccccc4)(c4ccccc4)c4ccccc4)c3)c2)c(C#N)c1. The third-order valence-electron chi connectivity index (χ3n) is 15.3. The Kier molecular flexibility index (Phi) is 13.0. The van der Waals surface area contributed by atoms with Crippen LogP contribution in [-0.2, 0) is 0 Å². The maximum absolute atomic E-state index is 10.4. The molecule has 82 heavy (non-hydrogen) atoms. The van der Waals surface area contributed by atoms with Crippen molar-refractivity contribution in [1.29, 1.82) is 10.5 Å².